The zero-order valence-corrected chi connectivity index (χ0v) is 8.92. The average Bonchev–Trinajstić information content (AvgIpc) is 2.17. The minimum absolute atomic E-state index is 1.05. The highest BCUT2D eigenvalue weighted by atomic mass is 14.0. The lowest BCUT2D eigenvalue weighted by molar-refractivity contribution is 0.825. The van der Waals surface area contributed by atoms with E-state index < -0.39 is 0 Å². The van der Waals surface area contributed by atoms with E-state index in [1.165, 1.54) is 11.1 Å². The van der Waals surface area contributed by atoms with E-state index >= 15 is 0 Å². The summed E-state index contributed by atoms with van der Waals surface area (Å²) in [6, 6.07) is 8.68. The molecule has 74 valence electrons. The van der Waals surface area contributed by atoms with Crippen molar-refractivity contribution >= 4 is 0 Å². The van der Waals surface area contributed by atoms with Crippen LogP contribution in [-0.2, 0) is 6.42 Å². The standard InChI is InChI=1S/C14H18/c1-4-12(2)7-5-9-14-10-6-8-13(3)11-14/h4,6,8,10-11H,1-2,5,7,9H2,3H3. The number of hydrogen-bond acceptors (Lipinski definition) is 0. The van der Waals surface area contributed by atoms with Gasteiger partial charge >= 0.3 is 0 Å². The lowest BCUT2D eigenvalue weighted by Gasteiger charge is -2.02. The van der Waals surface area contributed by atoms with E-state index in [4.69, 9.17) is 0 Å². The van der Waals surface area contributed by atoms with Crippen molar-refractivity contribution in [2.45, 2.75) is 26.2 Å². The van der Waals surface area contributed by atoms with Crippen molar-refractivity contribution in [3.8, 4) is 0 Å². The maximum absolute atomic E-state index is 3.90. The Morgan fingerprint density at radius 1 is 1.43 bits per heavy atom. The molecule has 0 spiro atoms. The summed E-state index contributed by atoms with van der Waals surface area (Å²) in [6.45, 7) is 9.74. The van der Waals surface area contributed by atoms with E-state index in [0.717, 1.165) is 24.8 Å². The molecule has 0 heterocycles. The highest BCUT2D eigenvalue weighted by Gasteiger charge is 1.94. The fraction of sp³-hybridized carbons (Fsp3) is 0.286. The summed E-state index contributed by atoms with van der Waals surface area (Å²) in [5.74, 6) is 0. The normalized spacial score (nSPS) is 9.79. The van der Waals surface area contributed by atoms with E-state index in [1.54, 1.807) is 0 Å². The van der Waals surface area contributed by atoms with Crippen LogP contribution in [0.3, 0.4) is 0 Å². The molecule has 0 fully saturated rings. The van der Waals surface area contributed by atoms with Gasteiger partial charge < -0.3 is 0 Å². The first-order valence-electron chi connectivity index (χ1n) is 5.08. The molecular formula is C14H18. The molecule has 0 aromatic heterocycles. The predicted molar refractivity (Wildman–Crippen MR) is 63.5 cm³/mol. The molecule has 0 heteroatoms. The maximum atomic E-state index is 3.90. The van der Waals surface area contributed by atoms with Crippen molar-refractivity contribution in [1.29, 1.82) is 0 Å². The monoisotopic (exact) mass is 186 g/mol. The number of aryl methyl sites for hydroxylation is 2. The van der Waals surface area contributed by atoms with Crippen molar-refractivity contribution < 1.29 is 0 Å². The second kappa shape index (κ2) is 5.43. The molecule has 0 atom stereocenters. The maximum Gasteiger partial charge on any atom is -0.0276 e. The first kappa shape index (κ1) is 10.8. The molecule has 0 saturated carbocycles. The van der Waals surface area contributed by atoms with Gasteiger partial charge in [0.15, 0.2) is 0 Å². The fourth-order valence-corrected chi connectivity index (χ4v) is 1.49. The van der Waals surface area contributed by atoms with Gasteiger partial charge in [0, 0.05) is 0 Å². The van der Waals surface area contributed by atoms with Gasteiger partial charge in [-0.1, -0.05) is 54.6 Å². The van der Waals surface area contributed by atoms with Crippen LogP contribution in [0.25, 0.3) is 0 Å². The third kappa shape index (κ3) is 3.61. The first-order valence-corrected chi connectivity index (χ1v) is 5.08. The van der Waals surface area contributed by atoms with Gasteiger partial charge in [0.25, 0.3) is 0 Å². The van der Waals surface area contributed by atoms with Gasteiger partial charge in [-0.2, -0.15) is 0 Å². The van der Waals surface area contributed by atoms with E-state index in [2.05, 4.69) is 44.3 Å². The molecule has 0 aliphatic heterocycles. The van der Waals surface area contributed by atoms with Gasteiger partial charge in [-0.05, 0) is 31.7 Å². The SMILES string of the molecule is C=CC(=C)CCCc1cccc(C)c1. The van der Waals surface area contributed by atoms with Crippen LogP contribution in [-0.4, -0.2) is 0 Å². The van der Waals surface area contributed by atoms with Gasteiger partial charge in [0.1, 0.15) is 0 Å². The van der Waals surface area contributed by atoms with Gasteiger partial charge in [-0.15, -0.1) is 0 Å². The van der Waals surface area contributed by atoms with Gasteiger partial charge in [0.2, 0.25) is 0 Å². The number of rotatable bonds is 5. The molecule has 0 aliphatic carbocycles. The Bertz CT molecular complexity index is 321. The molecule has 14 heavy (non-hydrogen) atoms. The minimum atomic E-state index is 1.05. The fourth-order valence-electron chi connectivity index (χ4n) is 1.49. The molecule has 0 N–H and O–H groups in total. The van der Waals surface area contributed by atoms with Crippen LogP contribution in [0.5, 0.6) is 0 Å². The van der Waals surface area contributed by atoms with E-state index in [0.29, 0.717) is 0 Å². The molecule has 0 bridgehead atoms. The van der Waals surface area contributed by atoms with E-state index in [-0.39, 0.29) is 0 Å². The second-order valence-electron chi connectivity index (χ2n) is 3.70. The number of benzene rings is 1. The summed E-state index contributed by atoms with van der Waals surface area (Å²) in [5.41, 5.74) is 3.89. The Hall–Kier alpha value is -1.30. The van der Waals surface area contributed by atoms with Crippen molar-refractivity contribution in [3.63, 3.8) is 0 Å². The van der Waals surface area contributed by atoms with Crippen LogP contribution >= 0.6 is 0 Å². The van der Waals surface area contributed by atoms with Crippen LogP contribution in [0.4, 0.5) is 0 Å². The highest BCUT2D eigenvalue weighted by Crippen LogP contribution is 2.10. The van der Waals surface area contributed by atoms with Crippen molar-refractivity contribution in [1.82, 2.24) is 0 Å². The van der Waals surface area contributed by atoms with Gasteiger partial charge in [0.05, 0.1) is 0 Å². The van der Waals surface area contributed by atoms with Crippen LogP contribution in [0.1, 0.15) is 24.0 Å². The summed E-state index contributed by atoms with van der Waals surface area (Å²) in [4.78, 5) is 0. The number of hydrogen-bond donors (Lipinski definition) is 0. The third-order valence-corrected chi connectivity index (χ3v) is 2.33. The van der Waals surface area contributed by atoms with Crippen LogP contribution in [0, 0.1) is 6.92 Å². The topological polar surface area (TPSA) is 0 Å². The Morgan fingerprint density at radius 2 is 2.21 bits per heavy atom. The van der Waals surface area contributed by atoms with E-state index in [1.807, 2.05) is 6.08 Å². The van der Waals surface area contributed by atoms with Crippen LogP contribution < -0.4 is 0 Å². The average molecular weight is 186 g/mol. The highest BCUT2D eigenvalue weighted by molar-refractivity contribution is 5.22. The second-order valence-corrected chi connectivity index (χ2v) is 3.70. The molecule has 1 aromatic carbocycles. The van der Waals surface area contributed by atoms with Crippen molar-refractivity contribution in [3.05, 3.63) is 60.2 Å². The zero-order chi connectivity index (χ0) is 10.4. The predicted octanol–water partition coefficient (Wildman–Crippen LogP) is 4.06. The molecule has 1 aromatic rings. The number of allylic oxidation sites excluding steroid dienone is 2. The molecule has 0 saturated heterocycles. The van der Waals surface area contributed by atoms with Gasteiger partial charge in [-0.25, -0.2) is 0 Å². The summed E-state index contributed by atoms with van der Waals surface area (Å²) in [6.07, 6.45) is 5.19. The van der Waals surface area contributed by atoms with Crippen molar-refractivity contribution in [2.75, 3.05) is 0 Å². The Balaban J connectivity index is 2.38. The Morgan fingerprint density at radius 3 is 2.86 bits per heavy atom. The molecule has 1 rings (SSSR count). The molecule has 0 aliphatic rings. The molecule has 0 radical (unpaired) electrons. The smallest absolute Gasteiger partial charge is 0.0276 e. The Kier molecular flexibility index (Phi) is 4.18. The van der Waals surface area contributed by atoms with Gasteiger partial charge in [-0.3, -0.25) is 0 Å². The lowest BCUT2D eigenvalue weighted by Crippen LogP contribution is -1.87. The van der Waals surface area contributed by atoms with Crippen LogP contribution in [0.15, 0.2) is 49.1 Å². The lowest BCUT2D eigenvalue weighted by atomic mass is 10.0. The molecule has 0 unspecified atom stereocenters. The summed E-state index contributed by atoms with van der Waals surface area (Å²) < 4.78 is 0. The summed E-state index contributed by atoms with van der Waals surface area (Å²) in [5, 5.41) is 0. The molecule has 0 amide bonds. The Labute approximate surface area is 87.0 Å². The quantitative estimate of drug-likeness (QED) is 0.608. The van der Waals surface area contributed by atoms with Crippen molar-refractivity contribution in [2.24, 2.45) is 0 Å². The summed E-state index contributed by atoms with van der Waals surface area (Å²) >= 11 is 0. The largest absolute Gasteiger partial charge is 0.0988 e. The minimum Gasteiger partial charge on any atom is -0.0988 e. The van der Waals surface area contributed by atoms with Crippen LogP contribution in [0.2, 0.25) is 0 Å². The molecule has 0 nitrogen and oxygen atoms in total. The van der Waals surface area contributed by atoms with E-state index in [9.17, 15) is 0 Å². The first-order chi connectivity index (χ1) is 6.72. The summed E-state index contributed by atoms with van der Waals surface area (Å²) in [7, 11) is 0. The molecular weight excluding hydrogens is 168 g/mol. The zero-order valence-electron chi connectivity index (χ0n) is 8.92. The third-order valence-electron chi connectivity index (χ3n) is 2.33.